The molecular formula is C28H29FN2O4. The van der Waals surface area contributed by atoms with Crippen molar-refractivity contribution < 1.29 is 18.0 Å². The molecule has 1 atom stereocenters. The molecule has 0 saturated heterocycles. The number of carbonyl (C=O) groups excluding carboxylic acids is 1. The van der Waals surface area contributed by atoms with Gasteiger partial charge in [-0.3, -0.25) is 9.59 Å². The number of rotatable bonds is 9. The number of fused-ring (bicyclic) bond motifs is 1. The van der Waals surface area contributed by atoms with Crippen molar-refractivity contribution in [3.63, 3.8) is 0 Å². The van der Waals surface area contributed by atoms with Gasteiger partial charge in [0.25, 0.3) is 5.91 Å². The van der Waals surface area contributed by atoms with Gasteiger partial charge in [0.1, 0.15) is 17.2 Å². The molecule has 0 saturated carbocycles. The topological polar surface area (TPSA) is 89.7 Å². The molecule has 182 valence electrons. The molecule has 1 unspecified atom stereocenters. The molecule has 35 heavy (non-hydrogen) atoms. The monoisotopic (exact) mass is 476 g/mol. The standard InChI is InChI=1S/C28H29FN2O4/c1-18(2)25(31(14-7-13-30)28(33)23-10-6-15-34-23)27-22(16-19-8-4-3-5-9-19)26(32)21-12-11-20(29)17-24(21)35-27/h3-6,8-12,15,17-18,25H,7,13-14,16,30H2,1-2H3. The predicted octanol–water partition coefficient (Wildman–Crippen LogP) is 5.30. The van der Waals surface area contributed by atoms with Crippen LogP contribution < -0.4 is 11.2 Å². The van der Waals surface area contributed by atoms with Crippen LogP contribution >= 0.6 is 0 Å². The second-order valence-corrected chi connectivity index (χ2v) is 8.88. The molecule has 2 aromatic heterocycles. The van der Waals surface area contributed by atoms with Gasteiger partial charge in [-0.2, -0.15) is 0 Å². The second-order valence-electron chi connectivity index (χ2n) is 8.88. The normalized spacial score (nSPS) is 12.3. The summed E-state index contributed by atoms with van der Waals surface area (Å²) in [5.41, 5.74) is 7.07. The number of halogens is 1. The van der Waals surface area contributed by atoms with E-state index in [1.165, 1.54) is 24.5 Å². The predicted molar refractivity (Wildman–Crippen MR) is 133 cm³/mol. The lowest BCUT2D eigenvalue weighted by atomic mass is 9.92. The zero-order chi connectivity index (χ0) is 24.9. The summed E-state index contributed by atoms with van der Waals surface area (Å²) in [7, 11) is 0. The SMILES string of the molecule is CC(C)C(c1oc2cc(F)ccc2c(=O)c1Cc1ccccc1)N(CCCN)C(=O)c1ccco1. The Morgan fingerprint density at radius 1 is 1.09 bits per heavy atom. The second kappa shape index (κ2) is 10.7. The van der Waals surface area contributed by atoms with Gasteiger partial charge in [0.2, 0.25) is 0 Å². The molecule has 0 bridgehead atoms. The van der Waals surface area contributed by atoms with Crippen molar-refractivity contribution in [1.29, 1.82) is 0 Å². The van der Waals surface area contributed by atoms with Crippen molar-refractivity contribution in [3.05, 3.63) is 106 Å². The van der Waals surface area contributed by atoms with Crippen molar-refractivity contribution in [2.24, 2.45) is 11.7 Å². The molecule has 0 aliphatic heterocycles. The van der Waals surface area contributed by atoms with Crippen LogP contribution in [-0.4, -0.2) is 23.9 Å². The van der Waals surface area contributed by atoms with E-state index in [1.807, 2.05) is 44.2 Å². The van der Waals surface area contributed by atoms with Crippen molar-refractivity contribution in [1.82, 2.24) is 4.90 Å². The average Bonchev–Trinajstić information content (AvgIpc) is 3.38. The summed E-state index contributed by atoms with van der Waals surface area (Å²) in [6.45, 7) is 4.64. The van der Waals surface area contributed by atoms with Gasteiger partial charge in [-0.1, -0.05) is 44.2 Å². The van der Waals surface area contributed by atoms with Crippen molar-refractivity contribution in [3.8, 4) is 0 Å². The van der Waals surface area contributed by atoms with Gasteiger partial charge < -0.3 is 19.5 Å². The fraction of sp³-hybridized carbons (Fsp3) is 0.286. The summed E-state index contributed by atoms with van der Waals surface area (Å²) < 4.78 is 25.8. The molecular weight excluding hydrogens is 447 g/mol. The molecule has 1 amide bonds. The molecule has 2 heterocycles. The Bertz CT molecular complexity index is 1350. The van der Waals surface area contributed by atoms with E-state index in [4.69, 9.17) is 14.6 Å². The van der Waals surface area contributed by atoms with Crippen LogP contribution in [0.15, 0.2) is 80.6 Å². The van der Waals surface area contributed by atoms with Crippen LogP contribution in [0.3, 0.4) is 0 Å². The number of carbonyl (C=O) groups is 1. The fourth-order valence-corrected chi connectivity index (χ4v) is 4.40. The molecule has 0 radical (unpaired) electrons. The number of benzene rings is 2. The molecule has 0 spiro atoms. The lowest BCUT2D eigenvalue weighted by Gasteiger charge is -2.34. The quantitative estimate of drug-likeness (QED) is 0.354. The van der Waals surface area contributed by atoms with Gasteiger partial charge in [0.05, 0.1) is 17.7 Å². The highest BCUT2D eigenvalue weighted by atomic mass is 19.1. The average molecular weight is 477 g/mol. The van der Waals surface area contributed by atoms with Crippen LogP contribution in [-0.2, 0) is 6.42 Å². The van der Waals surface area contributed by atoms with E-state index in [0.29, 0.717) is 42.6 Å². The zero-order valence-electron chi connectivity index (χ0n) is 19.9. The Hall–Kier alpha value is -3.71. The van der Waals surface area contributed by atoms with Gasteiger partial charge in [0.15, 0.2) is 11.2 Å². The van der Waals surface area contributed by atoms with E-state index < -0.39 is 11.9 Å². The van der Waals surface area contributed by atoms with E-state index in [0.717, 1.165) is 5.56 Å². The van der Waals surface area contributed by atoms with Gasteiger partial charge in [-0.25, -0.2) is 4.39 Å². The van der Waals surface area contributed by atoms with Crippen LogP contribution in [0.5, 0.6) is 0 Å². The number of nitrogens with two attached hydrogens (primary N) is 1. The van der Waals surface area contributed by atoms with Gasteiger partial charge >= 0.3 is 0 Å². The summed E-state index contributed by atoms with van der Waals surface area (Å²) in [5.74, 6) is -0.421. The first kappa shape index (κ1) is 24.4. The molecule has 0 aliphatic rings. The van der Waals surface area contributed by atoms with Crippen LogP contribution in [0.1, 0.15) is 53.8 Å². The van der Waals surface area contributed by atoms with Crippen molar-refractivity contribution in [2.75, 3.05) is 13.1 Å². The lowest BCUT2D eigenvalue weighted by Crippen LogP contribution is -2.40. The van der Waals surface area contributed by atoms with Crippen LogP contribution in [0, 0.1) is 11.7 Å². The molecule has 7 heteroatoms. The Morgan fingerprint density at radius 2 is 1.86 bits per heavy atom. The molecule has 4 aromatic rings. The zero-order valence-corrected chi connectivity index (χ0v) is 19.9. The lowest BCUT2D eigenvalue weighted by molar-refractivity contribution is 0.0555. The summed E-state index contributed by atoms with van der Waals surface area (Å²) in [6, 6.07) is 16.1. The first-order valence-corrected chi connectivity index (χ1v) is 11.7. The third kappa shape index (κ3) is 5.20. The van der Waals surface area contributed by atoms with Gasteiger partial charge in [0, 0.05) is 24.6 Å². The summed E-state index contributed by atoms with van der Waals surface area (Å²) in [6.07, 6.45) is 2.31. The Morgan fingerprint density at radius 3 is 2.51 bits per heavy atom. The maximum absolute atomic E-state index is 14.1. The highest BCUT2D eigenvalue weighted by Crippen LogP contribution is 2.34. The fourth-order valence-electron chi connectivity index (χ4n) is 4.40. The highest BCUT2D eigenvalue weighted by molar-refractivity contribution is 5.91. The van der Waals surface area contributed by atoms with E-state index in [9.17, 15) is 14.0 Å². The minimum Gasteiger partial charge on any atom is -0.459 e. The maximum atomic E-state index is 14.1. The molecule has 2 aromatic carbocycles. The van der Waals surface area contributed by atoms with Crippen molar-refractivity contribution in [2.45, 2.75) is 32.7 Å². The first-order valence-electron chi connectivity index (χ1n) is 11.7. The van der Waals surface area contributed by atoms with E-state index in [2.05, 4.69) is 0 Å². The number of furan rings is 1. The minimum atomic E-state index is -0.599. The first-order chi connectivity index (χ1) is 16.9. The van der Waals surface area contributed by atoms with E-state index in [-0.39, 0.29) is 28.6 Å². The summed E-state index contributed by atoms with van der Waals surface area (Å²) >= 11 is 0. The highest BCUT2D eigenvalue weighted by Gasteiger charge is 2.34. The number of hydrogen-bond acceptors (Lipinski definition) is 5. The molecule has 2 N–H and O–H groups in total. The van der Waals surface area contributed by atoms with Crippen molar-refractivity contribution >= 4 is 16.9 Å². The smallest absolute Gasteiger partial charge is 0.290 e. The van der Waals surface area contributed by atoms with E-state index in [1.54, 1.807) is 17.0 Å². The Balaban J connectivity index is 1.94. The molecule has 4 rings (SSSR count). The molecule has 0 aliphatic carbocycles. The third-order valence-electron chi connectivity index (χ3n) is 6.04. The number of amides is 1. The third-order valence-corrected chi connectivity index (χ3v) is 6.04. The maximum Gasteiger partial charge on any atom is 0.290 e. The van der Waals surface area contributed by atoms with Gasteiger partial charge in [-0.05, 0) is 48.7 Å². The summed E-state index contributed by atoms with van der Waals surface area (Å²) in [5, 5.41) is 0.300. The van der Waals surface area contributed by atoms with Crippen LogP contribution in [0.25, 0.3) is 11.0 Å². The molecule has 6 nitrogen and oxygen atoms in total. The Labute approximate surface area is 203 Å². The largest absolute Gasteiger partial charge is 0.459 e. The minimum absolute atomic E-state index is 0.129. The number of nitrogens with zero attached hydrogens (tertiary/aromatic N) is 1. The van der Waals surface area contributed by atoms with Crippen LogP contribution in [0.4, 0.5) is 4.39 Å². The Kier molecular flexibility index (Phi) is 7.46. The summed E-state index contributed by atoms with van der Waals surface area (Å²) in [4.78, 5) is 28.9. The van der Waals surface area contributed by atoms with Gasteiger partial charge in [-0.15, -0.1) is 0 Å². The number of hydrogen-bond donors (Lipinski definition) is 1. The molecule has 0 fully saturated rings. The van der Waals surface area contributed by atoms with Crippen LogP contribution in [0.2, 0.25) is 0 Å². The van der Waals surface area contributed by atoms with E-state index >= 15 is 0 Å².